The summed E-state index contributed by atoms with van der Waals surface area (Å²) in [7, 11) is 0. The SMILES string of the molecule is O=c1cc(CSc2nccn2-c2cccc(Cl)c2)nc2ccc(Cl)cn12. The number of thioether (sulfide) groups is 1. The molecule has 0 saturated heterocycles. The molecule has 0 N–H and O–H groups in total. The quantitative estimate of drug-likeness (QED) is 0.472. The van der Waals surface area contributed by atoms with Crippen molar-refractivity contribution in [3.05, 3.63) is 87.1 Å². The van der Waals surface area contributed by atoms with Gasteiger partial charge in [-0.05, 0) is 30.3 Å². The molecule has 0 fully saturated rings. The van der Waals surface area contributed by atoms with Gasteiger partial charge in [-0.1, -0.05) is 41.0 Å². The summed E-state index contributed by atoms with van der Waals surface area (Å²) < 4.78 is 3.38. The normalized spacial score (nSPS) is 11.2. The molecule has 0 spiro atoms. The predicted octanol–water partition coefficient (Wildman–Crippen LogP) is 4.48. The van der Waals surface area contributed by atoms with Crippen molar-refractivity contribution < 1.29 is 0 Å². The van der Waals surface area contributed by atoms with Crippen LogP contribution in [0.2, 0.25) is 10.0 Å². The molecule has 1 aromatic carbocycles. The molecule has 0 bridgehead atoms. The second-order valence-corrected chi connectivity index (χ2v) is 7.32. The molecule has 0 unspecified atom stereocenters. The van der Waals surface area contributed by atoms with E-state index in [1.807, 2.05) is 35.0 Å². The molecule has 130 valence electrons. The first-order valence-electron chi connectivity index (χ1n) is 7.70. The summed E-state index contributed by atoms with van der Waals surface area (Å²) in [6.07, 6.45) is 5.17. The van der Waals surface area contributed by atoms with Crippen LogP contribution >= 0.6 is 35.0 Å². The predicted molar refractivity (Wildman–Crippen MR) is 105 cm³/mol. The number of nitrogens with zero attached hydrogens (tertiary/aromatic N) is 4. The van der Waals surface area contributed by atoms with Crippen LogP contribution in [0, 0.1) is 0 Å². The van der Waals surface area contributed by atoms with Crippen LogP contribution in [-0.2, 0) is 5.75 Å². The zero-order valence-electron chi connectivity index (χ0n) is 13.3. The van der Waals surface area contributed by atoms with Crippen molar-refractivity contribution in [1.82, 2.24) is 18.9 Å². The molecule has 26 heavy (non-hydrogen) atoms. The molecule has 0 aliphatic rings. The topological polar surface area (TPSA) is 52.2 Å². The van der Waals surface area contributed by atoms with Gasteiger partial charge in [-0.25, -0.2) is 9.97 Å². The molecule has 0 aliphatic heterocycles. The molecule has 0 atom stereocenters. The van der Waals surface area contributed by atoms with E-state index in [1.165, 1.54) is 22.2 Å². The fourth-order valence-corrected chi connectivity index (χ4v) is 3.77. The Bertz CT molecular complexity index is 1160. The minimum absolute atomic E-state index is 0.161. The van der Waals surface area contributed by atoms with Gasteiger partial charge in [-0.2, -0.15) is 0 Å². The molecular formula is C18H12Cl2N4OS. The minimum Gasteiger partial charge on any atom is -0.295 e. The van der Waals surface area contributed by atoms with Crippen molar-refractivity contribution in [2.45, 2.75) is 10.9 Å². The Morgan fingerprint density at radius 1 is 1.08 bits per heavy atom. The Morgan fingerprint density at radius 3 is 2.81 bits per heavy atom. The van der Waals surface area contributed by atoms with Crippen LogP contribution < -0.4 is 5.56 Å². The summed E-state index contributed by atoms with van der Waals surface area (Å²) in [5.41, 5.74) is 2.02. The van der Waals surface area contributed by atoms with Crippen LogP contribution in [0.4, 0.5) is 0 Å². The molecule has 4 aromatic rings. The average molecular weight is 403 g/mol. The number of aromatic nitrogens is 4. The Kier molecular flexibility index (Phi) is 4.72. The third kappa shape index (κ3) is 3.49. The van der Waals surface area contributed by atoms with E-state index in [1.54, 1.807) is 24.5 Å². The largest absolute Gasteiger partial charge is 0.295 e. The van der Waals surface area contributed by atoms with Crippen molar-refractivity contribution in [3.8, 4) is 5.69 Å². The Labute approximate surface area is 163 Å². The number of hydrogen-bond acceptors (Lipinski definition) is 4. The highest BCUT2D eigenvalue weighted by Crippen LogP contribution is 2.24. The fraction of sp³-hybridized carbons (Fsp3) is 0.0556. The smallest absolute Gasteiger partial charge is 0.258 e. The van der Waals surface area contributed by atoms with Crippen molar-refractivity contribution in [2.24, 2.45) is 0 Å². The second-order valence-electron chi connectivity index (χ2n) is 5.51. The van der Waals surface area contributed by atoms with Crippen molar-refractivity contribution >= 4 is 40.6 Å². The van der Waals surface area contributed by atoms with E-state index in [4.69, 9.17) is 23.2 Å². The lowest BCUT2D eigenvalue weighted by Gasteiger charge is -2.08. The van der Waals surface area contributed by atoms with E-state index in [9.17, 15) is 4.79 Å². The number of imidazole rings is 1. The molecule has 3 heterocycles. The molecule has 3 aromatic heterocycles. The lowest BCUT2D eigenvalue weighted by Crippen LogP contribution is -2.15. The number of halogens is 2. The van der Waals surface area contributed by atoms with Crippen LogP contribution in [0.25, 0.3) is 11.3 Å². The minimum atomic E-state index is -0.161. The third-order valence-corrected chi connectivity index (χ3v) is 5.18. The number of fused-ring (bicyclic) bond motifs is 1. The van der Waals surface area contributed by atoms with Gasteiger partial charge >= 0.3 is 0 Å². The molecule has 0 amide bonds. The standard InChI is InChI=1S/C18H12Cl2N4OS/c19-12-2-1-3-15(8-12)23-7-6-21-18(23)26-11-14-9-17(25)24-10-13(20)4-5-16(24)22-14/h1-10H,11H2. The zero-order valence-corrected chi connectivity index (χ0v) is 15.7. The van der Waals surface area contributed by atoms with E-state index in [0.29, 0.717) is 27.1 Å². The first kappa shape index (κ1) is 17.1. The van der Waals surface area contributed by atoms with Gasteiger partial charge in [0.2, 0.25) is 0 Å². The maximum Gasteiger partial charge on any atom is 0.258 e. The maximum atomic E-state index is 12.3. The van der Waals surface area contributed by atoms with Crippen molar-refractivity contribution in [3.63, 3.8) is 0 Å². The van der Waals surface area contributed by atoms with Crippen LogP contribution in [0.3, 0.4) is 0 Å². The van der Waals surface area contributed by atoms with Gasteiger partial charge in [0.05, 0.1) is 10.7 Å². The lowest BCUT2D eigenvalue weighted by molar-refractivity contribution is 0.893. The summed E-state index contributed by atoms with van der Waals surface area (Å²) in [6, 6.07) is 12.5. The summed E-state index contributed by atoms with van der Waals surface area (Å²) in [5, 5.41) is 1.95. The molecule has 0 radical (unpaired) electrons. The third-order valence-electron chi connectivity index (χ3n) is 3.72. The second kappa shape index (κ2) is 7.15. The fourth-order valence-electron chi connectivity index (χ4n) is 2.56. The van der Waals surface area contributed by atoms with Crippen LogP contribution in [0.15, 0.2) is 71.0 Å². The Hall–Kier alpha value is -2.28. The highest BCUT2D eigenvalue weighted by atomic mass is 35.5. The number of pyridine rings is 1. The van der Waals surface area contributed by atoms with Gasteiger partial charge in [-0.15, -0.1) is 0 Å². The van der Waals surface area contributed by atoms with Crippen molar-refractivity contribution in [2.75, 3.05) is 0 Å². The van der Waals surface area contributed by atoms with Crippen LogP contribution in [0.1, 0.15) is 5.69 Å². The summed E-state index contributed by atoms with van der Waals surface area (Å²) >= 11 is 13.5. The van der Waals surface area contributed by atoms with Gasteiger partial charge < -0.3 is 0 Å². The van der Waals surface area contributed by atoms with E-state index in [0.717, 1.165) is 10.8 Å². The van der Waals surface area contributed by atoms with E-state index < -0.39 is 0 Å². The maximum absolute atomic E-state index is 12.3. The lowest BCUT2D eigenvalue weighted by atomic mass is 10.3. The highest BCUT2D eigenvalue weighted by Gasteiger charge is 2.09. The molecule has 8 heteroatoms. The van der Waals surface area contributed by atoms with Gasteiger partial charge in [0.15, 0.2) is 5.16 Å². The number of benzene rings is 1. The van der Waals surface area contributed by atoms with E-state index >= 15 is 0 Å². The summed E-state index contributed by atoms with van der Waals surface area (Å²) in [4.78, 5) is 21.2. The Morgan fingerprint density at radius 2 is 1.96 bits per heavy atom. The highest BCUT2D eigenvalue weighted by molar-refractivity contribution is 7.98. The van der Waals surface area contributed by atoms with Gasteiger partial charge in [0, 0.05) is 41.1 Å². The molecule has 5 nitrogen and oxygen atoms in total. The van der Waals surface area contributed by atoms with E-state index in [2.05, 4.69) is 9.97 Å². The molecule has 4 rings (SSSR count). The zero-order chi connectivity index (χ0) is 18.1. The summed E-state index contributed by atoms with van der Waals surface area (Å²) in [5.74, 6) is 0.520. The van der Waals surface area contributed by atoms with Gasteiger partial charge in [-0.3, -0.25) is 13.8 Å². The monoisotopic (exact) mass is 402 g/mol. The van der Waals surface area contributed by atoms with Crippen LogP contribution in [0.5, 0.6) is 0 Å². The van der Waals surface area contributed by atoms with Crippen LogP contribution in [-0.4, -0.2) is 18.9 Å². The molecular weight excluding hydrogens is 391 g/mol. The number of rotatable bonds is 4. The molecule has 0 aliphatic carbocycles. The number of hydrogen-bond donors (Lipinski definition) is 0. The summed E-state index contributed by atoms with van der Waals surface area (Å²) in [6.45, 7) is 0. The van der Waals surface area contributed by atoms with Gasteiger partial charge in [0.1, 0.15) is 5.65 Å². The molecule has 0 saturated carbocycles. The first-order valence-corrected chi connectivity index (χ1v) is 9.44. The van der Waals surface area contributed by atoms with E-state index in [-0.39, 0.29) is 5.56 Å². The first-order chi connectivity index (χ1) is 12.6. The Balaban J connectivity index is 1.61. The average Bonchev–Trinajstić information content (AvgIpc) is 3.09. The van der Waals surface area contributed by atoms with Crippen molar-refractivity contribution in [1.29, 1.82) is 0 Å². The van der Waals surface area contributed by atoms with Gasteiger partial charge in [0.25, 0.3) is 5.56 Å².